The molecule has 2 heterocycles. The molecule has 3 aromatic rings. The summed E-state index contributed by atoms with van der Waals surface area (Å²) in [5.74, 6) is -1.43. The highest BCUT2D eigenvalue weighted by atomic mass is 79.9. The Morgan fingerprint density at radius 3 is 2.37 bits per heavy atom. The van der Waals surface area contributed by atoms with Crippen molar-refractivity contribution in [1.82, 2.24) is 9.55 Å². The first-order valence-electron chi connectivity index (χ1n) is 10.4. The smallest absolute Gasteiger partial charge is 0.306 e. The van der Waals surface area contributed by atoms with Crippen LogP contribution in [0.4, 0.5) is 11.6 Å². The van der Waals surface area contributed by atoms with Crippen LogP contribution < -0.4 is 4.90 Å². The maximum Gasteiger partial charge on any atom is 0.306 e. The maximum absolute atomic E-state index is 13.9. The van der Waals surface area contributed by atoms with Crippen LogP contribution in [-0.2, 0) is 36.1 Å². The van der Waals surface area contributed by atoms with Gasteiger partial charge in [0.25, 0.3) is 5.91 Å². The molecule has 0 saturated carbocycles. The van der Waals surface area contributed by atoms with E-state index in [1.807, 2.05) is 24.3 Å². The van der Waals surface area contributed by atoms with Gasteiger partial charge in [0.05, 0.1) is 31.2 Å². The standard InChI is InChI=1S/C23H20BrCl2N3O5S/c1-23(12-14-3-5-15(24)6-4-14)21(31)28(18-10-16(25)9-17(26)11-18)22-27-13-19(29(22)23)35(32,33)8-7-20(30)34-2/h3-6,9-11,13H,7-8,12H2,1-2H3. The fourth-order valence-corrected chi connectivity index (χ4v) is 6.27. The maximum atomic E-state index is 13.9. The number of imidazole rings is 1. The number of benzene rings is 2. The summed E-state index contributed by atoms with van der Waals surface area (Å²) < 4.78 is 33.4. The number of methoxy groups -OCH3 is 1. The first kappa shape index (κ1) is 25.7. The molecule has 12 heteroatoms. The van der Waals surface area contributed by atoms with Crippen molar-refractivity contribution in [1.29, 1.82) is 0 Å². The summed E-state index contributed by atoms with van der Waals surface area (Å²) in [6.07, 6.45) is 1.06. The van der Waals surface area contributed by atoms with Crippen molar-refractivity contribution in [2.24, 2.45) is 0 Å². The number of rotatable bonds is 7. The molecule has 1 unspecified atom stereocenters. The van der Waals surface area contributed by atoms with Gasteiger partial charge in [0, 0.05) is 20.9 Å². The van der Waals surface area contributed by atoms with Crippen molar-refractivity contribution in [2.75, 3.05) is 17.8 Å². The number of hydrogen-bond donors (Lipinski definition) is 0. The van der Waals surface area contributed by atoms with Gasteiger partial charge in [-0.15, -0.1) is 0 Å². The molecule has 0 N–H and O–H groups in total. The van der Waals surface area contributed by atoms with Crippen LogP contribution >= 0.6 is 39.1 Å². The summed E-state index contributed by atoms with van der Waals surface area (Å²) >= 11 is 15.8. The van der Waals surface area contributed by atoms with Gasteiger partial charge < -0.3 is 4.74 Å². The van der Waals surface area contributed by atoms with Gasteiger partial charge >= 0.3 is 5.97 Å². The van der Waals surface area contributed by atoms with Crippen molar-refractivity contribution in [2.45, 2.75) is 30.3 Å². The molecule has 0 fully saturated rings. The number of anilines is 2. The van der Waals surface area contributed by atoms with Crippen LogP contribution in [0.5, 0.6) is 0 Å². The lowest BCUT2D eigenvalue weighted by atomic mass is 9.92. The predicted molar refractivity (Wildman–Crippen MR) is 136 cm³/mol. The molecule has 8 nitrogen and oxygen atoms in total. The minimum absolute atomic E-state index is 0.115. The monoisotopic (exact) mass is 599 g/mol. The highest BCUT2D eigenvalue weighted by molar-refractivity contribution is 9.10. The molecule has 1 atom stereocenters. The van der Waals surface area contributed by atoms with E-state index in [1.165, 1.54) is 28.8 Å². The van der Waals surface area contributed by atoms with E-state index < -0.39 is 33.0 Å². The zero-order valence-corrected chi connectivity index (χ0v) is 22.6. The molecule has 0 saturated heterocycles. The SMILES string of the molecule is COC(=O)CCS(=O)(=O)c1cnc2n1C(C)(Cc1ccc(Br)cc1)C(=O)N2c1cc(Cl)cc(Cl)c1. The van der Waals surface area contributed by atoms with E-state index in [9.17, 15) is 18.0 Å². The Morgan fingerprint density at radius 2 is 1.77 bits per heavy atom. The molecule has 1 amide bonds. The number of amides is 1. The number of fused-ring (bicyclic) bond motifs is 1. The summed E-state index contributed by atoms with van der Waals surface area (Å²) in [5.41, 5.74) is -0.174. The quantitative estimate of drug-likeness (QED) is 0.357. The Morgan fingerprint density at radius 1 is 1.14 bits per heavy atom. The molecule has 0 spiro atoms. The molecule has 0 aliphatic carbocycles. The van der Waals surface area contributed by atoms with E-state index >= 15 is 0 Å². The van der Waals surface area contributed by atoms with E-state index in [-0.39, 0.29) is 23.8 Å². The van der Waals surface area contributed by atoms with Crippen LogP contribution in [0.2, 0.25) is 10.0 Å². The summed E-state index contributed by atoms with van der Waals surface area (Å²) in [6, 6.07) is 12.0. The highest BCUT2D eigenvalue weighted by Crippen LogP contribution is 2.44. The van der Waals surface area contributed by atoms with Gasteiger partial charge in [-0.2, -0.15) is 0 Å². The molecular formula is C23H20BrCl2N3O5S. The number of aromatic nitrogens is 2. The Bertz CT molecular complexity index is 1410. The van der Waals surface area contributed by atoms with Crippen LogP contribution in [0.3, 0.4) is 0 Å². The van der Waals surface area contributed by atoms with Crippen LogP contribution in [0.25, 0.3) is 0 Å². The number of carbonyl (C=O) groups is 2. The number of ether oxygens (including phenoxy) is 1. The summed E-state index contributed by atoms with van der Waals surface area (Å²) in [4.78, 5) is 31.2. The molecule has 4 rings (SSSR count). The lowest BCUT2D eigenvalue weighted by molar-refractivity contribution is -0.140. The Kier molecular flexibility index (Phi) is 7.02. The third-order valence-electron chi connectivity index (χ3n) is 5.76. The van der Waals surface area contributed by atoms with Gasteiger partial charge in [-0.05, 0) is 42.8 Å². The zero-order chi connectivity index (χ0) is 25.5. The Balaban J connectivity index is 1.87. The predicted octanol–water partition coefficient (Wildman–Crippen LogP) is 4.93. The second kappa shape index (κ2) is 9.57. The molecule has 1 aliphatic rings. The summed E-state index contributed by atoms with van der Waals surface area (Å²) in [7, 11) is -2.81. The van der Waals surface area contributed by atoms with Gasteiger partial charge in [0.1, 0.15) is 5.54 Å². The van der Waals surface area contributed by atoms with Crippen molar-refractivity contribution in [3.63, 3.8) is 0 Å². The molecule has 35 heavy (non-hydrogen) atoms. The zero-order valence-electron chi connectivity index (χ0n) is 18.7. The second-order valence-electron chi connectivity index (χ2n) is 8.22. The molecular weight excluding hydrogens is 581 g/mol. The van der Waals surface area contributed by atoms with Gasteiger partial charge in [0.2, 0.25) is 5.95 Å². The van der Waals surface area contributed by atoms with Gasteiger partial charge in [-0.3, -0.25) is 14.2 Å². The van der Waals surface area contributed by atoms with Gasteiger partial charge in [-0.25, -0.2) is 18.3 Å². The highest BCUT2D eigenvalue weighted by Gasteiger charge is 2.51. The first-order valence-corrected chi connectivity index (χ1v) is 13.6. The second-order valence-corrected chi connectivity index (χ2v) is 12.1. The number of hydrogen-bond acceptors (Lipinski definition) is 6. The molecule has 0 radical (unpaired) electrons. The number of carbonyl (C=O) groups excluding carboxylic acids is 2. The van der Waals surface area contributed by atoms with Crippen LogP contribution in [0, 0.1) is 0 Å². The number of esters is 1. The Hall–Kier alpha value is -2.40. The third kappa shape index (κ3) is 4.84. The fraction of sp³-hybridized carbons (Fsp3) is 0.261. The number of halogens is 3. The van der Waals surface area contributed by atoms with E-state index in [4.69, 9.17) is 23.2 Å². The van der Waals surface area contributed by atoms with Crippen molar-refractivity contribution >= 4 is 72.5 Å². The van der Waals surface area contributed by atoms with Crippen molar-refractivity contribution in [3.8, 4) is 0 Å². The van der Waals surface area contributed by atoms with Crippen LogP contribution in [0.15, 0.2) is 58.2 Å². The lowest BCUT2D eigenvalue weighted by Crippen LogP contribution is -2.42. The van der Waals surface area contributed by atoms with Crippen molar-refractivity contribution in [3.05, 3.63) is 68.7 Å². The summed E-state index contributed by atoms with van der Waals surface area (Å²) in [5, 5.41) is 0.455. The van der Waals surface area contributed by atoms with E-state index in [1.54, 1.807) is 19.1 Å². The molecule has 0 bridgehead atoms. The fourth-order valence-electron chi connectivity index (χ4n) is 4.08. The van der Waals surface area contributed by atoms with Crippen LogP contribution in [0.1, 0.15) is 18.9 Å². The average Bonchev–Trinajstić information content (AvgIpc) is 3.32. The number of nitrogens with zero attached hydrogens (tertiary/aromatic N) is 3. The minimum Gasteiger partial charge on any atom is -0.469 e. The molecule has 1 aliphatic heterocycles. The summed E-state index contributed by atoms with van der Waals surface area (Å²) in [6.45, 7) is 1.66. The molecule has 2 aromatic carbocycles. The Labute approximate surface area is 220 Å². The molecule has 1 aromatic heterocycles. The molecule has 184 valence electrons. The third-order valence-corrected chi connectivity index (χ3v) is 8.39. The van der Waals surface area contributed by atoms with Gasteiger partial charge in [0.15, 0.2) is 14.9 Å². The first-order chi connectivity index (χ1) is 16.5. The van der Waals surface area contributed by atoms with E-state index in [2.05, 4.69) is 25.7 Å². The van der Waals surface area contributed by atoms with Crippen molar-refractivity contribution < 1.29 is 22.7 Å². The average molecular weight is 601 g/mol. The van der Waals surface area contributed by atoms with Crippen LogP contribution in [-0.4, -0.2) is 42.7 Å². The normalized spacial score (nSPS) is 17.5. The van der Waals surface area contributed by atoms with E-state index in [0.717, 1.165) is 10.0 Å². The van der Waals surface area contributed by atoms with Gasteiger partial charge in [-0.1, -0.05) is 51.3 Å². The van der Waals surface area contributed by atoms with E-state index in [0.29, 0.717) is 15.7 Å². The lowest BCUT2D eigenvalue weighted by Gasteiger charge is -2.26. The number of sulfone groups is 1. The largest absolute Gasteiger partial charge is 0.469 e. The topological polar surface area (TPSA) is 98.6 Å². The minimum atomic E-state index is -4.00.